The first kappa shape index (κ1) is 62.5. The van der Waals surface area contributed by atoms with Gasteiger partial charge in [0.25, 0.3) is 0 Å². The summed E-state index contributed by atoms with van der Waals surface area (Å²) in [6, 6.07) is 0. The van der Waals surface area contributed by atoms with E-state index in [-0.39, 0.29) is 0 Å². The minimum Gasteiger partial charge on any atom is -0.502 e. The minimum atomic E-state index is 0.851. The molecule has 0 aliphatic heterocycles. The van der Waals surface area contributed by atoms with E-state index in [1.807, 2.05) is 0 Å². The van der Waals surface area contributed by atoms with Crippen LogP contribution < -0.4 is 0 Å². The topological polar surface area (TPSA) is 9.23 Å². The van der Waals surface area contributed by atoms with E-state index in [2.05, 4.69) is 13.5 Å². The quantitative estimate of drug-likeness (QED) is 0.0437. The molecule has 0 fully saturated rings. The molecule has 0 aromatic carbocycles. The molecule has 1 nitrogen and oxygen atoms in total. The summed E-state index contributed by atoms with van der Waals surface area (Å²) >= 11 is 0. The van der Waals surface area contributed by atoms with E-state index >= 15 is 0 Å². The van der Waals surface area contributed by atoms with Gasteiger partial charge in [-0.25, -0.2) is 0 Å². The second kappa shape index (κ2) is 61.5. The summed E-state index contributed by atoms with van der Waals surface area (Å²) in [7, 11) is 0. The zero-order valence-corrected chi connectivity index (χ0v) is 44.4. The number of hydrogen-bond donors (Lipinski definition) is 0. The van der Waals surface area contributed by atoms with Gasteiger partial charge in [0.15, 0.2) is 0 Å². The van der Waals surface area contributed by atoms with Gasteiger partial charge in [0.05, 0.1) is 12.9 Å². The van der Waals surface area contributed by atoms with E-state index < -0.39 is 0 Å². The Labute approximate surface area is 401 Å². The Morgan fingerprint density at radius 1 is 0.190 bits per heavy atom. The fraction of sp³-hybridized carbons (Fsp3) is 0.968. The average Bonchev–Trinajstić information content (AvgIpc) is 3.29. The van der Waals surface area contributed by atoms with Crippen LogP contribution in [0.5, 0.6) is 0 Å². The summed E-state index contributed by atoms with van der Waals surface area (Å²) in [6.07, 6.45) is 87.1. The van der Waals surface area contributed by atoms with Crippen molar-refractivity contribution in [3.63, 3.8) is 0 Å². The van der Waals surface area contributed by atoms with Gasteiger partial charge in [-0.05, 0) is 6.42 Å². The van der Waals surface area contributed by atoms with Crippen LogP contribution in [0.2, 0.25) is 0 Å². The number of ether oxygens (including phenoxy) is 1. The maximum absolute atomic E-state index is 5.19. The molecule has 0 N–H and O–H groups in total. The lowest BCUT2D eigenvalue weighted by Gasteiger charge is -2.05. The Bertz CT molecular complexity index is 759. The third kappa shape index (κ3) is 61.5. The smallest absolute Gasteiger partial charge is 0.0873 e. The van der Waals surface area contributed by atoms with Gasteiger partial charge in [0, 0.05) is 0 Å². The van der Waals surface area contributed by atoms with Gasteiger partial charge < -0.3 is 4.74 Å². The van der Waals surface area contributed by atoms with Crippen LogP contribution >= 0.6 is 0 Å². The van der Waals surface area contributed by atoms with E-state index in [4.69, 9.17) is 4.74 Å². The van der Waals surface area contributed by atoms with Crippen molar-refractivity contribution in [2.45, 2.75) is 379 Å². The molecule has 0 aromatic rings. The van der Waals surface area contributed by atoms with Crippen LogP contribution in [0.1, 0.15) is 379 Å². The van der Waals surface area contributed by atoms with Crippen molar-refractivity contribution < 1.29 is 4.74 Å². The van der Waals surface area contributed by atoms with Crippen LogP contribution in [-0.4, -0.2) is 6.61 Å². The van der Waals surface area contributed by atoms with Crippen LogP contribution in [0.25, 0.3) is 0 Å². The standard InChI is InChI=1S/C62H124O/c1-3-5-6-7-8-9-10-11-12-13-14-15-16-17-18-19-20-21-22-23-24-25-26-27-28-29-30-31-32-33-34-35-36-37-38-39-40-41-42-43-44-45-46-47-48-49-50-51-52-53-54-55-56-57-58-59-60-61-62-63-4-2/h4H,2-3,5-62H2,1H3. The van der Waals surface area contributed by atoms with E-state index in [0.29, 0.717) is 0 Å². The number of rotatable bonds is 60. The maximum Gasteiger partial charge on any atom is 0.0873 e. The summed E-state index contributed by atoms with van der Waals surface area (Å²) in [6.45, 7) is 6.76. The van der Waals surface area contributed by atoms with Crippen molar-refractivity contribution in [1.82, 2.24) is 0 Å². The monoisotopic (exact) mass is 885 g/mol. The van der Waals surface area contributed by atoms with Crippen molar-refractivity contribution in [3.05, 3.63) is 12.8 Å². The van der Waals surface area contributed by atoms with Crippen molar-refractivity contribution in [1.29, 1.82) is 0 Å². The Morgan fingerprint density at radius 2 is 0.302 bits per heavy atom. The van der Waals surface area contributed by atoms with Crippen LogP contribution in [0.4, 0.5) is 0 Å². The molecule has 0 spiro atoms. The molecule has 0 saturated carbocycles. The lowest BCUT2D eigenvalue weighted by molar-refractivity contribution is 0.241. The van der Waals surface area contributed by atoms with Crippen molar-refractivity contribution in [2.75, 3.05) is 6.61 Å². The van der Waals surface area contributed by atoms with E-state index in [9.17, 15) is 0 Å². The molecule has 0 aromatic heterocycles. The Balaban J connectivity index is 3.06. The lowest BCUT2D eigenvalue weighted by atomic mass is 10.0. The van der Waals surface area contributed by atoms with Crippen LogP contribution in [-0.2, 0) is 4.74 Å². The van der Waals surface area contributed by atoms with Crippen molar-refractivity contribution in [3.8, 4) is 0 Å². The molecule has 0 rings (SSSR count). The molecule has 0 saturated heterocycles. The Morgan fingerprint density at radius 3 is 0.413 bits per heavy atom. The highest BCUT2D eigenvalue weighted by Gasteiger charge is 2.00. The molecule has 0 amide bonds. The zero-order chi connectivity index (χ0) is 45.1. The van der Waals surface area contributed by atoms with Gasteiger partial charge in [-0.15, -0.1) is 0 Å². The van der Waals surface area contributed by atoms with Crippen LogP contribution in [0.3, 0.4) is 0 Å². The predicted octanol–water partition coefficient (Wildman–Crippen LogP) is 23.8. The molecule has 378 valence electrons. The SMILES string of the molecule is C=COCCCCCCCCCCCCCCCCCCCCCCCCCCCCCCCCCCCCCCCCCCCCCCCCCCCCCCCCCCCC. The molecule has 0 bridgehead atoms. The van der Waals surface area contributed by atoms with Crippen LogP contribution in [0.15, 0.2) is 12.8 Å². The molecular weight excluding hydrogens is 761 g/mol. The second-order valence-electron chi connectivity index (χ2n) is 21.2. The molecule has 0 aliphatic rings. The van der Waals surface area contributed by atoms with Gasteiger partial charge in [0.1, 0.15) is 0 Å². The largest absolute Gasteiger partial charge is 0.502 e. The first-order valence-corrected chi connectivity index (χ1v) is 30.6. The zero-order valence-electron chi connectivity index (χ0n) is 44.4. The average molecular weight is 886 g/mol. The maximum atomic E-state index is 5.19. The molecule has 0 heterocycles. The third-order valence-electron chi connectivity index (χ3n) is 14.7. The molecule has 0 atom stereocenters. The van der Waals surface area contributed by atoms with E-state index in [1.54, 1.807) is 6.26 Å². The summed E-state index contributed by atoms with van der Waals surface area (Å²) in [5, 5.41) is 0. The number of unbranched alkanes of at least 4 members (excludes halogenated alkanes) is 57. The Kier molecular flexibility index (Phi) is 61.1. The van der Waals surface area contributed by atoms with Gasteiger partial charge in [-0.1, -0.05) is 379 Å². The Hall–Kier alpha value is -0.460. The highest BCUT2D eigenvalue weighted by Crippen LogP contribution is 2.19. The third-order valence-corrected chi connectivity index (χ3v) is 14.7. The fourth-order valence-electron chi connectivity index (χ4n) is 10.2. The minimum absolute atomic E-state index is 0.851. The normalized spacial score (nSPS) is 11.6. The summed E-state index contributed by atoms with van der Waals surface area (Å²) < 4.78 is 5.19. The van der Waals surface area contributed by atoms with E-state index in [1.165, 1.54) is 372 Å². The molecule has 1 heteroatoms. The molecule has 0 radical (unpaired) electrons. The number of hydrogen-bond acceptors (Lipinski definition) is 1. The van der Waals surface area contributed by atoms with Gasteiger partial charge in [-0.2, -0.15) is 0 Å². The summed E-state index contributed by atoms with van der Waals surface area (Å²) in [5.74, 6) is 0. The predicted molar refractivity (Wildman–Crippen MR) is 290 cm³/mol. The summed E-state index contributed by atoms with van der Waals surface area (Å²) in [4.78, 5) is 0. The van der Waals surface area contributed by atoms with Gasteiger partial charge in [0.2, 0.25) is 0 Å². The van der Waals surface area contributed by atoms with Gasteiger partial charge in [-0.3, -0.25) is 0 Å². The van der Waals surface area contributed by atoms with Crippen molar-refractivity contribution >= 4 is 0 Å². The van der Waals surface area contributed by atoms with E-state index in [0.717, 1.165) is 6.61 Å². The summed E-state index contributed by atoms with van der Waals surface area (Å²) in [5.41, 5.74) is 0. The second-order valence-corrected chi connectivity index (χ2v) is 21.2. The highest BCUT2D eigenvalue weighted by atomic mass is 16.5. The molecular formula is C62H124O. The highest BCUT2D eigenvalue weighted by molar-refractivity contribution is 4.56. The first-order valence-electron chi connectivity index (χ1n) is 30.6. The first-order chi connectivity index (χ1) is 31.4. The van der Waals surface area contributed by atoms with Gasteiger partial charge >= 0.3 is 0 Å². The molecule has 63 heavy (non-hydrogen) atoms. The van der Waals surface area contributed by atoms with Crippen molar-refractivity contribution in [2.24, 2.45) is 0 Å². The lowest BCUT2D eigenvalue weighted by Crippen LogP contribution is -1.87. The molecule has 0 unspecified atom stereocenters. The molecule has 0 aliphatic carbocycles. The van der Waals surface area contributed by atoms with Crippen LogP contribution in [0, 0.1) is 0 Å². The fourth-order valence-corrected chi connectivity index (χ4v) is 10.2.